The van der Waals surface area contributed by atoms with Crippen molar-refractivity contribution in [3.63, 3.8) is 0 Å². The molecule has 1 saturated carbocycles. The van der Waals surface area contributed by atoms with Crippen LogP contribution in [0.2, 0.25) is 0 Å². The van der Waals surface area contributed by atoms with Gasteiger partial charge in [-0.25, -0.2) is 0 Å². The molecular weight excluding hydrogens is 412 g/mol. The van der Waals surface area contributed by atoms with E-state index in [2.05, 4.69) is 78.0 Å². The summed E-state index contributed by atoms with van der Waals surface area (Å²) in [6.07, 6.45) is 8.21. The van der Waals surface area contributed by atoms with Gasteiger partial charge in [-0.3, -0.25) is 4.98 Å². The van der Waals surface area contributed by atoms with Crippen molar-refractivity contribution in [3.8, 4) is 5.69 Å². The molecule has 0 unspecified atom stereocenters. The summed E-state index contributed by atoms with van der Waals surface area (Å²) in [7, 11) is 0. The summed E-state index contributed by atoms with van der Waals surface area (Å²) in [6, 6.07) is 18.0. The van der Waals surface area contributed by atoms with E-state index in [-0.39, 0.29) is 12.1 Å². The van der Waals surface area contributed by atoms with Crippen LogP contribution in [0.3, 0.4) is 0 Å². The number of pyridine rings is 1. The Labute approximate surface area is 196 Å². The fourth-order valence-electron chi connectivity index (χ4n) is 5.70. The van der Waals surface area contributed by atoms with Gasteiger partial charge in [0, 0.05) is 29.3 Å². The lowest BCUT2D eigenvalue weighted by atomic mass is 9.90. The number of benzene rings is 1. The first kappa shape index (κ1) is 21.2. The summed E-state index contributed by atoms with van der Waals surface area (Å²) in [6.45, 7) is 6.61. The summed E-state index contributed by atoms with van der Waals surface area (Å²) in [4.78, 5) is 7.23. The van der Waals surface area contributed by atoms with Crippen LogP contribution < -0.4 is 5.32 Å². The molecule has 2 atom stereocenters. The predicted octanol–water partition coefficient (Wildman–Crippen LogP) is 6.10. The Hall–Kier alpha value is -2.66. The second-order valence-electron chi connectivity index (χ2n) is 9.33. The van der Waals surface area contributed by atoms with Crippen molar-refractivity contribution in [3.05, 3.63) is 82.9 Å². The molecule has 2 aliphatic rings. The Balaban J connectivity index is 1.63. The van der Waals surface area contributed by atoms with Crippen LogP contribution in [0, 0.1) is 20.8 Å². The molecule has 3 heterocycles. The van der Waals surface area contributed by atoms with Gasteiger partial charge in [0.25, 0.3) is 0 Å². The fourth-order valence-corrected chi connectivity index (χ4v) is 6.09. The Morgan fingerprint density at radius 1 is 0.969 bits per heavy atom. The van der Waals surface area contributed by atoms with Crippen molar-refractivity contribution < 1.29 is 0 Å². The van der Waals surface area contributed by atoms with Gasteiger partial charge in [-0.1, -0.05) is 37.5 Å². The van der Waals surface area contributed by atoms with E-state index in [9.17, 15) is 0 Å². The lowest BCUT2D eigenvalue weighted by molar-refractivity contribution is 0.197. The van der Waals surface area contributed by atoms with E-state index in [1.165, 1.54) is 60.3 Å². The van der Waals surface area contributed by atoms with E-state index in [0.717, 1.165) is 10.8 Å². The molecule has 0 radical (unpaired) electrons. The number of hydrogen-bond donors (Lipinski definition) is 1. The van der Waals surface area contributed by atoms with Gasteiger partial charge in [0.2, 0.25) is 0 Å². The van der Waals surface area contributed by atoms with Crippen LogP contribution in [-0.4, -0.2) is 25.6 Å². The van der Waals surface area contributed by atoms with Crippen LogP contribution >= 0.6 is 12.2 Å². The smallest absolute Gasteiger partial charge is 0.170 e. The normalized spacial score (nSPS) is 21.7. The summed E-state index contributed by atoms with van der Waals surface area (Å²) >= 11 is 5.95. The lowest BCUT2D eigenvalue weighted by Gasteiger charge is -2.37. The zero-order valence-corrected chi connectivity index (χ0v) is 20.0. The van der Waals surface area contributed by atoms with E-state index in [1.807, 2.05) is 12.3 Å². The zero-order chi connectivity index (χ0) is 22.2. The molecule has 0 spiro atoms. The predicted molar refractivity (Wildman–Crippen MR) is 134 cm³/mol. The zero-order valence-electron chi connectivity index (χ0n) is 19.2. The van der Waals surface area contributed by atoms with Gasteiger partial charge in [0.1, 0.15) is 0 Å². The molecule has 0 amide bonds. The molecule has 166 valence electrons. The maximum absolute atomic E-state index is 5.95. The van der Waals surface area contributed by atoms with Crippen LogP contribution in [0.5, 0.6) is 0 Å². The highest BCUT2D eigenvalue weighted by molar-refractivity contribution is 7.80. The van der Waals surface area contributed by atoms with Crippen molar-refractivity contribution >= 4 is 17.3 Å². The largest absolute Gasteiger partial charge is 0.352 e. The van der Waals surface area contributed by atoms with Crippen molar-refractivity contribution in [1.82, 2.24) is 19.8 Å². The van der Waals surface area contributed by atoms with Crippen LogP contribution in [0.15, 0.2) is 54.7 Å². The number of nitrogens with one attached hydrogen (secondary N) is 1. The minimum atomic E-state index is 0.0529. The van der Waals surface area contributed by atoms with Crippen molar-refractivity contribution in [1.29, 1.82) is 0 Å². The molecule has 1 aromatic carbocycles. The Kier molecular flexibility index (Phi) is 5.76. The van der Waals surface area contributed by atoms with Gasteiger partial charge >= 0.3 is 0 Å². The number of rotatable bonds is 4. The molecule has 4 nitrogen and oxygen atoms in total. The first-order chi connectivity index (χ1) is 15.5. The second-order valence-corrected chi connectivity index (χ2v) is 9.71. The Morgan fingerprint density at radius 3 is 2.50 bits per heavy atom. The van der Waals surface area contributed by atoms with E-state index >= 15 is 0 Å². The summed E-state index contributed by atoms with van der Waals surface area (Å²) in [5.74, 6) is 0. The van der Waals surface area contributed by atoms with Crippen molar-refractivity contribution in [2.45, 2.75) is 71.0 Å². The van der Waals surface area contributed by atoms with Crippen molar-refractivity contribution in [2.75, 3.05) is 0 Å². The average Bonchev–Trinajstić information content (AvgIpc) is 3.30. The van der Waals surface area contributed by atoms with Gasteiger partial charge in [-0.15, -0.1) is 0 Å². The topological polar surface area (TPSA) is 33.1 Å². The van der Waals surface area contributed by atoms with Gasteiger partial charge in [0.15, 0.2) is 5.11 Å². The third kappa shape index (κ3) is 3.73. The fraction of sp³-hybridized carbons (Fsp3) is 0.407. The third-order valence-corrected chi connectivity index (χ3v) is 7.48. The highest BCUT2D eigenvalue weighted by atomic mass is 32.1. The summed E-state index contributed by atoms with van der Waals surface area (Å²) < 4.78 is 2.39. The standard InChI is InChI=1S/C27H32N4S/c1-18-10-9-13-22(16-18)30-19(2)17-23(20(30)3)26-25(24-14-7-8-15-28-24)29-27(32)31(26)21-11-5-4-6-12-21/h7-10,13-17,21,25-26H,4-6,11-12H2,1-3H3,(H,29,32)/t25-,26+/m1/s1. The van der Waals surface area contributed by atoms with Gasteiger partial charge in [0.05, 0.1) is 17.8 Å². The molecule has 5 rings (SSSR count). The molecule has 1 N–H and O–H groups in total. The van der Waals surface area contributed by atoms with E-state index in [0.29, 0.717) is 6.04 Å². The van der Waals surface area contributed by atoms with Crippen LogP contribution in [-0.2, 0) is 0 Å². The number of aryl methyl sites for hydroxylation is 2. The summed E-state index contributed by atoms with van der Waals surface area (Å²) in [5.41, 5.74) is 7.43. The SMILES string of the molecule is Cc1cccc(-n2c(C)cc([C@H]3[C@@H](c4ccccn4)NC(=S)N3C3CCCCC3)c2C)c1. The molecular formula is C27H32N4S. The number of hydrogen-bond acceptors (Lipinski definition) is 2. The average molecular weight is 445 g/mol. The second kappa shape index (κ2) is 8.70. The number of aromatic nitrogens is 2. The molecule has 2 fully saturated rings. The molecule has 3 aromatic rings. The Bertz CT molecular complexity index is 1110. The molecule has 2 aromatic heterocycles. The van der Waals surface area contributed by atoms with E-state index in [1.54, 1.807) is 0 Å². The van der Waals surface area contributed by atoms with Crippen LogP contribution in [0.25, 0.3) is 5.69 Å². The molecule has 32 heavy (non-hydrogen) atoms. The van der Waals surface area contributed by atoms with Crippen LogP contribution in [0.4, 0.5) is 0 Å². The van der Waals surface area contributed by atoms with Gasteiger partial charge in [-0.05, 0) is 87.3 Å². The number of thiocarbonyl (C=S) groups is 1. The lowest BCUT2D eigenvalue weighted by Crippen LogP contribution is -2.40. The van der Waals surface area contributed by atoms with Gasteiger partial charge < -0.3 is 14.8 Å². The quantitative estimate of drug-likeness (QED) is 0.493. The molecule has 0 bridgehead atoms. The highest BCUT2D eigenvalue weighted by Crippen LogP contribution is 2.44. The minimum Gasteiger partial charge on any atom is -0.352 e. The first-order valence-corrected chi connectivity index (χ1v) is 12.2. The molecule has 1 aliphatic carbocycles. The van der Waals surface area contributed by atoms with Gasteiger partial charge in [-0.2, -0.15) is 0 Å². The maximum Gasteiger partial charge on any atom is 0.170 e. The van der Waals surface area contributed by atoms with E-state index < -0.39 is 0 Å². The monoisotopic (exact) mass is 444 g/mol. The van der Waals surface area contributed by atoms with Crippen molar-refractivity contribution in [2.24, 2.45) is 0 Å². The molecule has 5 heteroatoms. The highest BCUT2D eigenvalue weighted by Gasteiger charge is 2.44. The van der Waals surface area contributed by atoms with E-state index in [4.69, 9.17) is 17.2 Å². The maximum atomic E-state index is 5.95. The molecule has 1 aliphatic heterocycles. The number of nitrogens with zero attached hydrogens (tertiary/aromatic N) is 3. The molecule has 1 saturated heterocycles. The summed E-state index contributed by atoms with van der Waals surface area (Å²) in [5, 5.41) is 4.53. The van der Waals surface area contributed by atoms with Crippen LogP contribution in [0.1, 0.15) is 72.4 Å². The Morgan fingerprint density at radius 2 is 1.78 bits per heavy atom. The third-order valence-electron chi connectivity index (χ3n) is 7.15. The first-order valence-electron chi connectivity index (χ1n) is 11.8. The minimum absolute atomic E-state index is 0.0529.